The normalized spacial score (nSPS) is 17.2. The van der Waals surface area contributed by atoms with Crippen LogP contribution in [0.1, 0.15) is 12.5 Å². The molecule has 0 radical (unpaired) electrons. The van der Waals surface area contributed by atoms with Crippen molar-refractivity contribution in [1.29, 1.82) is 0 Å². The number of benzene rings is 1. The largest absolute Gasteiger partial charge is 0.416 e. The van der Waals surface area contributed by atoms with Crippen molar-refractivity contribution >= 4 is 16.6 Å². The number of nitrogens with zero attached hydrogens (tertiary/aromatic N) is 3. The number of alkyl halides is 3. The molecule has 26 heavy (non-hydrogen) atoms. The number of hydrogen-bond acceptors (Lipinski definition) is 6. The molecule has 0 aliphatic carbocycles. The maximum atomic E-state index is 12.8. The summed E-state index contributed by atoms with van der Waals surface area (Å²) in [5.74, 6) is -0.0197. The number of halogens is 3. The molecule has 7 nitrogen and oxygen atoms in total. The lowest BCUT2D eigenvalue weighted by atomic mass is 10.1. The van der Waals surface area contributed by atoms with Crippen LogP contribution < -0.4 is 10.6 Å². The summed E-state index contributed by atoms with van der Waals surface area (Å²) >= 11 is 0. The van der Waals surface area contributed by atoms with Crippen LogP contribution in [0.3, 0.4) is 0 Å². The second-order valence-corrected chi connectivity index (χ2v) is 5.81. The quantitative estimate of drug-likeness (QED) is 0.624. The molecular formula is C16H16F3N5O2. The number of anilines is 1. The highest BCUT2D eigenvalue weighted by Gasteiger charge is 2.32. The Labute approximate surface area is 146 Å². The van der Waals surface area contributed by atoms with Gasteiger partial charge in [-0.2, -0.15) is 13.2 Å². The van der Waals surface area contributed by atoms with E-state index in [0.717, 1.165) is 12.1 Å². The number of rotatable bonds is 5. The average Bonchev–Trinajstić information content (AvgIpc) is 2.95. The SMILES string of the molecule is CC1NC=C([N+](=O)[O-])N1CCNc1ccnc2cc(C(F)(F)F)ccc12. The molecule has 1 aliphatic heterocycles. The van der Waals surface area contributed by atoms with Crippen LogP contribution in [0, 0.1) is 10.1 Å². The van der Waals surface area contributed by atoms with Gasteiger partial charge in [0.25, 0.3) is 0 Å². The van der Waals surface area contributed by atoms with Crippen LogP contribution in [0.2, 0.25) is 0 Å². The standard InChI is InChI=1S/C16H16F3N5O2/c1-10-22-9-15(24(25)26)23(10)7-6-21-13-4-5-20-14-8-11(16(17,18)19)2-3-12(13)14/h2-5,8-10,22H,6-7H2,1H3,(H,20,21). The minimum absolute atomic E-state index is 0.0197. The van der Waals surface area contributed by atoms with Gasteiger partial charge in [0.2, 0.25) is 0 Å². The molecule has 0 fully saturated rings. The van der Waals surface area contributed by atoms with Crippen LogP contribution in [0.25, 0.3) is 10.9 Å². The summed E-state index contributed by atoms with van der Waals surface area (Å²) in [5.41, 5.74) is 0.0921. The van der Waals surface area contributed by atoms with E-state index in [9.17, 15) is 23.3 Å². The van der Waals surface area contributed by atoms with E-state index in [0.29, 0.717) is 24.2 Å². The molecule has 1 aromatic carbocycles. The molecule has 0 spiro atoms. The predicted molar refractivity (Wildman–Crippen MR) is 89.6 cm³/mol. The van der Waals surface area contributed by atoms with E-state index >= 15 is 0 Å². The monoisotopic (exact) mass is 367 g/mol. The van der Waals surface area contributed by atoms with Crippen molar-refractivity contribution in [3.05, 3.63) is 58.2 Å². The van der Waals surface area contributed by atoms with Gasteiger partial charge in [0.15, 0.2) is 6.17 Å². The van der Waals surface area contributed by atoms with Gasteiger partial charge in [-0.1, -0.05) is 6.07 Å². The Morgan fingerprint density at radius 1 is 1.38 bits per heavy atom. The van der Waals surface area contributed by atoms with Crippen molar-refractivity contribution < 1.29 is 18.1 Å². The fourth-order valence-corrected chi connectivity index (χ4v) is 2.82. The molecule has 0 saturated carbocycles. The molecule has 1 unspecified atom stereocenters. The topological polar surface area (TPSA) is 83.3 Å². The zero-order chi connectivity index (χ0) is 18.9. The first-order valence-corrected chi connectivity index (χ1v) is 7.84. The first-order valence-electron chi connectivity index (χ1n) is 7.84. The van der Waals surface area contributed by atoms with Crippen LogP contribution in [0.15, 0.2) is 42.5 Å². The van der Waals surface area contributed by atoms with E-state index in [-0.39, 0.29) is 17.5 Å². The third-order valence-corrected chi connectivity index (χ3v) is 4.14. The lowest BCUT2D eigenvalue weighted by molar-refractivity contribution is -0.445. The molecule has 0 bridgehead atoms. The van der Waals surface area contributed by atoms with Crippen molar-refractivity contribution in [3.63, 3.8) is 0 Å². The van der Waals surface area contributed by atoms with Crippen LogP contribution in [0.4, 0.5) is 18.9 Å². The molecule has 2 N–H and O–H groups in total. The van der Waals surface area contributed by atoms with Crippen molar-refractivity contribution in [2.24, 2.45) is 0 Å². The third kappa shape index (κ3) is 3.48. The summed E-state index contributed by atoms with van der Waals surface area (Å²) in [6.45, 7) is 2.52. The predicted octanol–water partition coefficient (Wildman–Crippen LogP) is 2.99. The van der Waals surface area contributed by atoms with Crippen molar-refractivity contribution in [2.45, 2.75) is 19.3 Å². The summed E-state index contributed by atoms with van der Waals surface area (Å²) in [4.78, 5) is 16.1. The first-order chi connectivity index (χ1) is 12.3. The smallest absolute Gasteiger partial charge is 0.381 e. The van der Waals surface area contributed by atoms with E-state index in [1.807, 2.05) is 0 Å². The van der Waals surface area contributed by atoms with Gasteiger partial charge < -0.3 is 20.7 Å². The van der Waals surface area contributed by atoms with Gasteiger partial charge >= 0.3 is 12.0 Å². The molecular weight excluding hydrogens is 351 g/mol. The Hall–Kier alpha value is -3.04. The zero-order valence-electron chi connectivity index (χ0n) is 13.7. The van der Waals surface area contributed by atoms with Crippen molar-refractivity contribution in [3.8, 4) is 0 Å². The number of pyridine rings is 1. The highest BCUT2D eigenvalue weighted by Crippen LogP contribution is 2.32. The van der Waals surface area contributed by atoms with Gasteiger partial charge in [-0.3, -0.25) is 4.98 Å². The fraction of sp³-hybridized carbons (Fsp3) is 0.312. The van der Waals surface area contributed by atoms with Gasteiger partial charge in [-0.05, 0) is 30.0 Å². The van der Waals surface area contributed by atoms with Gasteiger partial charge in [-0.15, -0.1) is 0 Å². The Balaban J connectivity index is 1.73. The van der Waals surface area contributed by atoms with Crippen LogP contribution >= 0.6 is 0 Å². The fourth-order valence-electron chi connectivity index (χ4n) is 2.82. The minimum atomic E-state index is -4.43. The Kier molecular flexibility index (Phi) is 4.58. The number of hydrogen-bond donors (Lipinski definition) is 2. The zero-order valence-corrected chi connectivity index (χ0v) is 13.7. The van der Waals surface area contributed by atoms with Gasteiger partial charge in [0.05, 0.1) is 23.8 Å². The molecule has 138 valence electrons. The minimum Gasteiger partial charge on any atom is -0.381 e. The number of nitro groups is 1. The molecule has 1 atom stereocenters. The summed E-state index contributed by atoms with van der Waals surface area (Å²) < 4.78 is 38.4. The maximum absolute atomic E-state index is 12.8. The second kappa shape index (κ2) is 6.70. The van der Waals surface area contributed by atoms with E-state index < -0.39 is 16.7 Å². The van der Waals surface area contributed by atoms with E-state index in [4.69, 9.17) is 0 Å². The summed E-state index contributed by atoms with van der Waals surface area (Å²) in [6, 6.07) is 5.04. The Morgan fingerprint density at radius 2 is 2.15 bits per heavy atom. The second-order valence-electron chi connectivity index (χ2n) is 5.81. The van der Waals surface area contributed by atoms with Crippen LogP contribution in [-0.4, -0.2) is 34.1 Å². The lowest BCUT2D eigenvalue weighted by Gasteiger charge is -2.19. The van der Waals surface area contributed by atoms with Crippen molar-refractivity contribution in [2.75, 3.05) is 18.4 Å². The summed E-state index contributed by atoms with van der Waals surface area (Å²) in [7, 11) is 0. The Bertz CT molecular complexity index is 869. The van der Waals surface area contributed by atoms with E-state index in [1.165, 1.54) is 18.5 Å². The Morgan fingerprint density at radius 3 is 2.85 bits per heavy atom. The number of fused-ring (bicyclic) bond motifs is 1. The van der Waals surface area contributed by atoms with E-state index in [2.05, 4.69) is 15.6 Å². The average molecular weight is 367 g/mol. The molecule has 1 aliphatic rings. The third-order valence-electron chi connectivity index (χ3n) is 4.14. The molecule has 2 aromatic rings. The van der Waals surface area contributed by atoms with Gasteiger partial charge in [0, 0.05) is 17.3 Å². The summed E-state index contributed by atoms with van der Waals surface area (Å²) in [6.07, 6.45) is -1.86. The van der Waals surface area contributed by atoms with E-state index in [1.54, 1.807) is 17.9 Å². The van der Waals surface area contributed by atoms with Gasteiger partial charge in [-0.25, -0.2) is 4.90 Å². The number of nitrogens with one attached hydrogen (secondary N) is 2. The van der Waals surface area contributed by atoms with Crippen LogP contribution in [-0.2, 0) is 6.18 Å². The molecule has 3 rings (SSSR count). The highest BCUT2D eigenvalue weighted by atomic mass is 19.4. The van der Waals surface area contributed by atoms with Gasteiger partial charge in [0.1, 0.15) is 6.54 Å². The number of aromatic nitrogens is 1. The molecule has 0 saturated heterocycles. The lowest BCUT2D eigenvalue weighted by Crippen LogP contribution is -2.38. The van der Waals surface area contributed by atoms with Crippen molar-refractivity contribution in [1.82, 2.24) is 15.2 Å². The maximum Gasteiger partial charge on any atom is 0.416 e. The molecule has 0 amide bonds. The molecule has 2 heterocycles. The first kappa shape index (κ1) is 17.8. The molecule has 10 heteroatoms. The van der Waals surface area contributed by atoms with Crippen LogP contribution in [0.5, 0.6) is 0 Å². The summed E-state index contributed by atoms with van der Waals surface area (Å²) in [5, 5.41) is 17.6. The highest BCUT2D eigenvalue weighted by molar-refractivity contribution is 5.91. The molecule has 1 aromatic heterocycles.